The van der Waals surface area contributed by atoms with Crippen LogP contribution in [0.15, 0.2) is 79.3 Å². The molecule has 0 bridgehead atoms. The number of piperidine rings is 1. The van der Waals surface area contributed by atoms with E-state index in [1.165, 1.54) is 24.3 Å². The maximum Gasteiger partial charge on any atom is 0.182 e. The fraction of sp³-hybridized carbons (Fsp3) is 0.233. The van der Waals surface area contributed by atoms with E-state index in [4.69, 9.17) is 10.1 Å². The summed E-state index contributed by atoms with van der Waals surface area (Å²) in [5.41, 5.74) is 6.02. The van der Waals surface area contributed by atoms with Crippen LogP contribution in [0.25, 0.3) is 44.5 Å². The highest BCUT2D eigenvalue weighted by Crippen LogP contribution is 2.42. The molecule has 0 radical (unpaired) electrons. The average molecular weight is 496 g/mol. The van der Waals surface area contributed by atoms with Crippen molar-refractivity contribution < 1.29 is 8.78 Å². The molecule has 1 aliphatic heterocycles. The van der Waals surface area contributed by atoms with E-state index in [0.717, 1.165) is 77.8 Å². The first-order chi connectivity index (χ1) is 18.2. The molecule has 0 amide bonds. The van der Waals surface area contributed by atoms with Crippen LogP contribution in [-0.2, 0) is 6.54 Å². The van der Waals surface area contributed by atoms with Gasteiger partial charge in [0.15, 0.2) is 5.65 Å². The van der Waals surface area contributed by atoms with Gasteiger partial charge in [-0.2, -0.15) is 5.10 Å². The summed E-state index contributed by atoms with van der Waals surface area (Å²) in [4.78, 5) is 8.94. The third-order valence-electron chi connectivity index (χ3n) is 7.22. The zero-order valence-corrected chi connectivity index (χ0v) is 20.4. The normalized spacial score (nSPS) is 14.3. The molecule has 186 valence electrons. The van der Waals surface area contributed by atoms with Crippen LogP contribution in [0.5, 0.6) is 0 Å². The molecule has 5 aromatic rings. The van der Waals surface area contributed by atoms with E-state index in [2.05, 4.69) is 10.3 Å². The first kappa shape index (κ1) is 23.4. The molecule has 37 heavy (non-hydrogen) atoms. The summed E-state index contributed by atoms with van der Waals surface area (Å²) in [7, 11) is 0. The molecule has 0 atom stereocenters. The number of halogens is 2. The first-order valence-electron chi connectivity index (χ1n) is 12.7. The van der Waals surface area contributed by atoms with Crippen molar-refractivity contribution in [2.45, 2.75) is 25.8 Å². The Labute approximate surface area is 214 Å². The van der Waals surface area contributed by atoms with Gasteiger partial charge in [-0.15, -0.1) is 0 Å². The largest absolute Gasteiger partial charge is 0.317 e. The van der Waals surface area contributed by atoms with Crippen molar-refractivity contribution in [3.8, 4) is 33.5 Å². The molecule has 4 heterocycles. The van der Waals surface area contributed by atoms with Gasteiger partial charge in [0.1, 0.15) is 11.6 Å². The second kappa shape index (κ2) is 10.2. The maximum absolute atomic E-state index is 13.9. The summed E-state index contributed by atoms with van der Waals surface area (Å²) in [5.74, 6) is 0.0469. The van der Waals surface area contributed by atoms with Gasteiger partial charge in [-0.25, -0.2) is 13.8 Å². The molecule has 1 fully saturated rings. The summed E-state index contributed by atoms with van der Waals surface area (Å²) in [5, 5.41) is 9.25. The van der Waals surface area contributed by atoms with Crippen LogP contribution in [-0.4, -0.2) is 32.8 Å². The number of benzene rings is 2. The number of nitrogens with one attached hydrogen (secondary N) is 1. The Morgan fingerprint density at radius 3 is 2.14 bits per heavy atom. The van der Waals surface area contributed by atoms with E-state index in [-0.39, 0.29) is 11.6 Å². The molecule has 0 unspecified atom stereocenters. The van der Waals surface area contributed by atoms with Crippen LogP contribution < -0.4 is 5.32 Å². The highest BCUT2D eigenvalue weighted by atomic mass is 19.1. The predicted octanol–water partition coefficient (Wildman–Crippen LogP) is 6.50. The summed E-state index contributed by atoms with van der Waals surface area (Å²) in [6, 6.07) is 16.9. The lowest BCUT2D eigenvalue weighted by Crippen LogP contribution is -2.28. The number of rotatable bonds is 6. The molecular weight excluding hydrogens is 468 g/mol. The molecule has 0 spiro atoms. The molecule has 1 N–H and O–H groups in total. The Morgan fingerprint density at radius 1 is 0.811 bits per heavy atom. The SMILES string of the molecule is Fc1ccc(-c2c(-c3ccncc3)cnc3nn(CCC4CCNCC4)c(-c4ccc(F)cc4)c23)cc1. The van der Waals surface area contributed by atoms with E-state index in [1.54, 1.807) is 36.7 Å². The number of hydrogen-bond acceptors (Lipinski definition) is 4. The van der Waals surface area contributed by atoms with E-state index >= 15 is 0 Å². The van der Waals surface area contributed by atoms with Gasteiger partial charge in [0.2, 0.25) is 0 Å². The van der Waals surface area contributed by atoms with Gasteiger partial charge in [-0.05, 0) is 97.9 Å². The van der Waals surface area contributed by atoms with Crippen molar-refractivity contribution in [3.63, 3.8) is 0 Å². The predicted molar refractivity (Wildman–Crippen MR) is 142 cm³/mol. The Hall–Kier alpha value is -3.97. The van der Waals surface area contributed by atoms with Crippen molar-refractivity contribution in [2.24, 2.45) is 5.92 Å². The standard InChI is InChI=1S/C30H27F2N5/c31-24-5-1-22(2-6-24)27-26(21-11-16-34-17-12-21)19-35-30-28(27)29(23-3-7-25(32)8-4-23)37(36-30)18-13-20-9-14-33-15-10-20/h1-8,11-12,16-17,19-20,33H,9-10,13-15,18H2. The van der Waals surface area contributed by atoms with Crippen molar-refractivity contribution in [1.29, 1.82) is 0 Å². The van der Waals surface area contributed by atoms with Crippen molar-refractivity contribution >= 4 is 11.0 Å². The van der Waals surface area contributed by atoms with Crippen LogP contribution in [0.4, 0.5) is 8.78 Å². The lowest BCUT2D eigenvalue weighted by atomic mass is 9.92. The highest BCUT2D eigenvalue weighted by Gasteiger charge is 2.23. The molecule has 3 aromatic heterocycles. The molecule has 6 rings (SSSR count). The van der Waals surface area contributed by atoms with Crippen LogP contribution in [0.2, 0.25) is 0 Å². The van der Waals surface area contributed by atoms with Gasteiger partial charge in [0.05, 0.1) is 11.1 Å². The van der Waals surface area contributed by atoms with E-state index in [0.29, 0.717) is 11.6 Å². The molecule has 1 saturated heterocycles. The van der Waals surface area contributed by atoms with Gasteiger partial charge in [-0.1, -0.05) is 12.1 Å². The summed E-state index contributed by atoms with van der Waals surface area (Å²) in [6.45, 7) is 2.82. The number of nitrogens with zero attached hydrogens (tertiary/aromatic N) is 4. The summed E-state index contributed by atoms with van der Waals surface area (Å²) in [6.07, 6.45) is 8.63. The smallest absolute Gasteiger partial charge is 0.182 e. The molecule has 5 nitrogen and oxygen atoms in total. The third-order valence-corrected chi connectivity index (χ3v) is 7.22. The zero-order chi connectivity index (χ0) is 25.2. The Bertz CT molecular complexity index is 1510. The zero-order valence-electron chi connectivity index (χ0n) is 20.4. The molecule has 0 aliphatic carbocycles. The third kappa shape index (κ3) is 4.74. The number of hydrogen-bond donors (Lipinski definition) is 1. The maximum atomic E-state index is 13.9. The fourth-order valence-corrected chi connectivity index (χ4v) is 5.30. The highest BCUT2D eigenvalue weighted by molar-refractivity contribution is 6.07. The second-order valence-corrected chi connectivity index (χ2v) is 9.55. The number of fused-ring (bicyclic) bond motifs is 1. The minimum atomic E-state index is -0.295. The molecule has 7 heteroatoms. The van der Waals surface area contributed by atoms with Gasteiger partial charge < -0.3 is 5.32 Å². The van der Waals surface area contributed by atoms with Crippen LogP contribution >= 0.6 is 0 Å². The summed E-state index contributed by atoms with van der Waals surface area (Å²) >= 11 is 0. The number of aryl methyl sites for hydroxylation is 1. The number of aromatic nitrogens is 4. The minimum Gasteiger partial charge on any atom is -0.317 e. The van der Waals surface area contributed by atoms with Crippen molar-refractivity contribution in [1.82, 2.24) is 25.1 Å². The molecule has 0 saturated carbocycles. The van der Waals surface area contributed by atoms with Gasteiger partial charge >= 0.3 is 0 Å². The molecule has 1 aliphatic rings. The second-order valence-electron chi connectivity index (χ2n) is 9.55. The van der Waals surface area contributed by atoms with Crippen LogP contribution in [0.1, 0.15) is 19.3 Å². The van der Waals surface area contributed by atoms with Gasteiger partial charge in [-0.3, -0.25) is 9.67 Å². The summed E-state index contributed by atoms with van der Waals surface area (Å²) < 4.78 is 29.9. The monoisotopic (exact) mass is 495 g/mol. The van der Waals surface area contributed by atoms with E-state index in [9.17, 15) is 8.78 Å². The molecule has 2 aromatic carbocycles. The lowest BCUT2D eigenvalue weighted by molar-refractivity contribution is 0.333. The van der Waals surface area contributed by atoms with Crippen LogP contribution in [0, 0.1) is 17.6 Å². The minimum absolute atomic E-state index is 0.289. The van der Waals surface area contributed by atoms with Gasteiger partial charge in [0, 0.05) is 41.8 Å². The Morgan fingerprint density at radius 2 is 1.46 bits per heavy atom. The van der Waals surface area contributed by atoms with Crippen molar-refractivity contribution in [3.05, 3.63) is 90.9 Å². The van der Waals surface area contributed by atoms with E-state index in [1.807, 2.05) is 23.0 Å². The fourth-order valence-electron chi connectivity index (χ4n) is 5.30. The first-order valence-corrected chi connectivity index (χ1v) is 12.7. The quantitative estimate of drug-likeness (QED) is 0.292. The van der Waals surface area contributed by atoms with E-state index < -0.39 is 0 Å². The molecular formula is C30H27F2N5. The topological polar surface area (TPSA) is 55.6 Å². The average Bonchev–Trinajstić information content (AvgIpc) is 3.32. The number of pyridine rings is 2. The Balaban J connectivity index is 1.59. The lowest BCUT2D eigenvalue weighted by Gasteiger charge is -2.22. The van der Waals surface area contributed by atoms with Crippen LogP contribution in [0.3, 0.4) is 0 Å². The Kier molecular flexibility index (Phi) is 6.45. The van der Waals surface area contributed by atoms with Gasteiger partial charge in [0.25, 0.3) is 0 Å². The van der Waals surface area contributed by atoms with Crippen molar-refractivity contribution in [2.75, 3.05) is 13.1 Å².